The van der Waals surface area contributed by atoms with Gasteiger partial charge in [0.1, 0.15) is 0 Å². The van der Waals surface area contributed by atoms with Crippen molar-refractivity contribution in [1.82, 2.24) is 4.90 Å². The molecular weight excluding hydrogens is 294 g/mol. The average Bonchev–Trinajstić information content (AvgIpc) is 3.09. The van der Waals surface area contributed by atoms with Crippen molar-refractivity contribution in [1.29, 1.82) is 0 Å². The molecular formula is C18H25NO2S. The van der Waals surface area contributed by atoms with Crippen molar-refractivity contribution in [2.45, 2.75) is 51.4 Å². The summed E-state index contributed by atoms with van der Waals surface area (Å²) in [5, 5.41) is 0. The molecule has 2 saturated heterocycles. The Balaban J connectivity index is 1.51. The van der Waals surface area contributed by atoms with Gasteiger partial charge in [-0.2, -0.15) is 0 Å². The molecule has 22 heavy (non-hydrogen) atoms. The second-order valence-corrected chi connectivity index (χ2v) is 8.39. The standard InChI is InChI=1S/C18H25NO2S/c20-17(16-11-14-5-2-1-3-6-15(14)22-16)19-9-4-7-18(12-19)8-10-21-13-18/h11H,1-10,12-13H2/t18-/m1/s1. The molecule has 3 heterocycles. The molecule has 1 aromatic rings. The van der Waals surface area contributed by atoms with Crippen molar-refractivity contribution in [3.05, 3.63) is 21.4 Å². The topological polar surface area (TPSA) is 29.5 Å². The summed E-state index contributed by atoms with van der Waals surface area (Å²) in [7, 11) is 0. The van der Waals surface area contributed by atoms with E-state index in [4.69, 9.17) is 4.74 Å². The first-order valence-corrected chi connectivity index (χ1v) is 9.56. The van der Waals surface area contributed by atoms with Crippen molar-refractivity contribution in [3.8, 4) is 0 Å². The van der Waals surface area contributed by atoms with Crippen LogP contribution in [0.25, 0.3) is 0 Å². The monoisotopic (exact) mass is 319 g/mol. The van der Waals surface area contributed by atoms with Crippen molar-refractivity contribution in [2.75, 3.05) is 26.3 Å². The minimum absolute atomic E-state index is 0.252. The third-order valence-electron chi connectivity index (χ3n) is 5.59. The van der Waals surface area contributed by atoms with E-state index in [0.717, 1.165) is 50.4 Å². The molecule has 2 fully saturated rings. The Morgan fingerprint density at radius 1 is 1.18 bits per heavy atom. The van der Waals surface area contributed by atoms with E-state index in [1.807, 2.05) is 0 Å². The highest BCUT2D eigenvalue weighted by Gasteiger charge is 2.40. The highest BCUT2D eigenvalue weighted by atomic mass is 32.1. The predicted octanol–water partition coefficient (Wildman–Crippen LogP) is 3.66. The maximum absolute atomic E-state index is 12.9. The Hall–Kier alpha value is -0.870. The zero-order chi connectivity index (χ0) is 15.0. The molecule has 0 aromatic carbocycles. The molecule has 2 aliphatic heterocycles. The van der Waals surface area contributed by atoms with Crippen LogP contribution in [0.3, 0.4) is 0 Å². The molecule has 120 valence electrons. The van der Waals surface area contributed by atoms with Gasteiger partial charge in [-0.15, -0.1) is 11.3 Å². The number of carbonyl (C=O) groups excluding carboxylic acids is 1. The lowest BCUT2D eigenvalue weighted by Gasteiger charge is -2.39. The van der Waals surface area contributed by atoms with E-state index in [-0.39, 0.29) is 11.3 Å². The average molecular weight is 319 g/mol. The Morgan fingerprint density at radius 3 is 2.95 bits per heavy atom. The zero-order valence-corrected chi connectivity index (χ0v) is 14.1. The number of hydrogen-bond acceptors (Lipinski definition) is 3. The first-order chi connectivity index (χ1) is 10.8. The van der Waals surface area contributed by atoms with Crippen LogP contribution in [-0.4, -0.2) is 37.1 Å². The fourth-order valence-electron chi connectivity index (χ4n) is 4.28. The maximum atomic E-state index is 12.9. The van der Waals surface area contributed by atoms with Gasteiger partial charge in [-0.05, 0) is 56.6 Å². The molecule has 0 radical (unpaired) electrons. The van der Waals surface area contributed by atoms with Gasteiger partial charge < -0.3 is 9.64 Å². The molecule has 1 aliphatic carbocycles. The van der Waals surface area contributed by atoms with Gasteiger partial charge in [0, 0.05) is 30.0 Å². The molecule has 0 unspecified atom stereocenters. The number of carbonyl (C=O) groups is 1. The molecule has 3 nitrogen and oxygen atoms in total. The largest absolute Gasteiger partial charge is 0.381 e. The summed E-state index contributed by atoms with van der Waals surface area (Å²) < 4.78 is 5.62. The molecule has 0 bridgehead atoms. The van der Waals surface area contributed by atoms with E-state index in [2.05, 4.69) is 11.0 Å². The molecule has 1 aromatic heterocycles. The van der Waals surface area contributed by atoms with E-state index in [1.165, 1.54) is 42.5 Å². The third kappa shape index (κ3) is 2.71. The van der Waals surface area contributed by atoms with Gasteiger partial charge >= 0.3 is 0 Å². The van der Waals surface area contributed by atoms with E-state index in [9.17, 15) is 4.79 Å². The maximum Gasteiger partial charge on any atom is 0.263 e. The summed E-state index contributed by atoms with van der Waals surface area (Å²) in [6.07, 6.45) is 9.70. The van der Waals surface area contributed by atoms with Crippen molar-refractivity contribution >= 4 is 17.2 Å². The summed E-state index contributed by atoms with van der Waals surface area (Å²) >= 11 is 1.76. The summed E-state index contributed by atoms with van der Waals surface area (Å²) in [6.45, 7) is 3.53. The highest BCUT2D eigenvalue weighted by molar-refractivity contribution is 7.14. The fraction of sp³-hybridized carbons (Fsp3) is 0.722. The van der Waals surface area contributed by atoms with Gasteiger partial charge in [-0.3, -0.25) is 4.79 Å². The van der Waals surface area contributed by atoms with Crippen molar-refractivity contribution < 1.29 is 9.53 Å². The van der Waals surface area contributed by atoms with Crippen molar-refractivity contribution in [3.63, 3.8) is 0 Å². The Kier molecular flexibility index (Phi) is 3.99. The number of piperidine rings is 1. The molecule has 4 heteroatoms. The molecule has 1 amide bonds. The van der Waals surface area contributed by atoms with Gasteiger partial charge in [0.15, 0.2) is 0 Å². The SMILES string of the molecule is O=C(c1cc2c(s1)CCCCC2)N1CCC[C@@]2(CCOC2)C1. The summed E-state index contributed by atoms with van der Waals surface area (Å²) in [5.41, 5.74) is 1.70. The Morgan fingerprint density at radius 2 is 2.09 bits per heavy atom. The van der Waals surface area contributed by atoms with Crippen LogP contribution in [0.1, 0.15) is 58.6 Å². The number of amides is 1. The second-order valence-electron chi connectivity index (χ2n) is 7.25. The third-order valence-corrected chi connectivity index (χ3v) is 6.82. The Labute approximate surface area is 136 Å². The zero-order valence-electron chi connectivity index (χ0n) is 13.2. The van der Waals surface area contributed by atoms with Crippen molar-refractivity contribution in [2.24, 2.45) is 5.41 Å². The van der Waals surface area contributed by atoms with Crippen LogP contribution in [0.2, 0.25) is 0 Å². The van der Waals surface area contributed by atoms with Crippen LogP contribution in [-0.2, 0) is 17.6 Å². The van der Waals surface area contributed by atoms with Crippen LogP contribution in [0, 0.1) is 5.41 Å². The normalized spacial score (nSPS) is 28.6. The van der Waals surface area contributed by atoms with Gasteiger partial charge in [0.2, 0.25) is 0 Å². The summed E-state index contributed by atoms with van der Waals surface area (Å²) in [5.74, 6) is 0.268. The van der Waals surface area contributed by atoms with E-state index in [1.54, 1.807) is 11.3 Å². The molecule has 1 spiro atoms. The minimum Gasteiger partial charge on any atom is -0.381 e. The van der Waals surface area contributed by atoms with E-state index >= 15 is 0 Å². The smallest absolute Gasteiger partial charge is 0.263 e. The number of hydrogen-bond donors (Lipinski definition) is 0. The molecule has 4 rings (SSSR count). The molecule has 0 N–H and O–H groups in total. The first kappa shape index (κ1) is 14.7. The molecule has 0 saturated carbocycles. The van der Waals surface area contributed by atoms with Gasteiger partial charge in [0.05, 0.1) is 11.5 Å². The van der Waals surface area contributed by atoms with Crippen LogP contribution < -0.4 is 0 Å². The summed E-state index contributed by atoms with van der Waals surface area (Å²) in [4.78, 5) is 17.5. The van der Waals surface area contributed by atoms with Crippen LogP contribution in [0.5, 0.6) is 0 Å². The number of fused-ring (bicyclic) bond motifs is 1. The highest BCUT2D eigenvalue weighted by Crippen LogP contribution is 2.38. The number of aryl methyl sites for hydroxylation is 2. The lowest BCUT2D eigenvalue weighted by molar-refractivity contribution is 0.0466. The van der Waals surface area contributed by atoms with Gasteiger partial charge in [-0.1, -0.05) is 6.42 Å². The number of ether oxygens (including phenoxy) is 1. The van der Waals surface area contributed by atoms with Crippen LogP contribution in [0.15, 0.2) is 6.07 Å². The quantitative estimate of drug-likeness (QED) is 0.739. The number of nitrogens with zero attached hydrogens (tertiary/aromatic N) is 1. The lowest BCUT2D eigenvalue weighted by atomic mass is 9.79. The van der Waals surface area contributed by atoms with E-state index < -0.39 is 0 Å². The number of rotatable bonds is 1. The fourth-order valence-corrected chi connectivity index (χ4v) is 5.50. The molecule has 3 aliphatic rings. The van der Waals surface area contributed by atoms with Crippen LogP contribution >= 0.6 is 11.3 Å². The number of thiophene rings is 1. The first-order valence-electron chi connectivity index (χ1n) is 8.74. The number of likely N-dealkylation sites (tertiary alicyclic amines) is 1. The summed E-state index contributed by atoms with van der Waals surface area (Å²) in [6, 6.07) is 2.19. The molecule has 1 atom stereocenters. The minimum atomic E-state index is 0.252. The second kappa shape index (κ2) is 5.97. The van der Waals surface area contributed by atoms with Gasteiger partial charge in [0.25, 0.3) is 5.91 Å². The Bertz CT molecular complexity index is 536. The van der Waals surface area contributed by atoms with E-state index in [0.29, 0.717) is 0 Å². The van der Waals surface area contributed by atoms with Gasteiger partial charge in [-0.25, -0.2) is 0 Å². The van der Waals surface area contributed by atoms with Crippen LogP contribution in [0.4, 0.5) is 0 Å². The lowest BCUT2D eigenvalue weighted by Crippen LogP contribution is -2.46. The predicted molar refractivity (Wildman–Crippen MR) is 88.6 cm³/mol.